The number of pyridine rings is 4. The van der Waals surface area contributed by atoms with Gasteiger partial charge in [0.15, 0.2) is 0 Å². The molecule has 0 aliphatic carbocycles. The Bertz CT molecular complexity index is 1920. The van der Waals surface area contributed by atoms with E-state index in [0.29, 0.717) is 43.9 Å². The second-order valence-corrected chi connectivity index (χ2v) is 10.4. The van der Waals surface area contributed by atoms with E-state index in [9.17, 15) is 8.78 Å². The normalized spacial score (nSPS) is 10.3. The van der Waals surface area contributed by atoms with Crippen molar-refractivity contribution in [3.8, 4) is 48.4 Å². The number of nitrogens with one attached hydrogen (secondary N) is 1. The van der Waals surface area contributed by atoms with Crippen molar-refractivity contribution >= 4 is 28.6 Å². The molecule has 0 atom stereocenters. The Morgan fingerprint density at radius 1 is 0.786 bits per heavy atom. The maximum atomic E-state index is 13.2. The third-order valence-corrected chi connectivity index (χ3v) is 7.61. The van der Waals surface area contributed by atoms with E-state index >= 15 is 0 Å². The minimum absolute atomic E-state index is 0.000851. The molecular weight excluding hydrogens is 579 g/mol. The van der Waals surface area contributed by atoms with Gasteiger partial charge in [0.1, 0.15) is 39.1 Å². The van der Waals surface area contributed by atoms with Gasteiger partial charge in [-0.05, 0) is 36.4 Å². The fraction of sp³-hybridized carbons (Fsp3) is 0.0345. The molecule has 0 fully saturated rings. The Hall–Kier alpha value is -5.32. The van der Waals surface area contributed by atoms with Gasteiger partial charge in [-0.15, -0.1) is 22.7 Å². The van der Waals surface area contributed by atoms with E-state index < -0.39 is 11.6 Å². The van der Waals surface area contributed by atoms with Crippen LogP contribution in [0.25, 0.3) is 42.3 Å². The molecule has 0 spiro atoms. The lowest BCUT2D eigenvalue weighted by Crippen LogP contribution is -2.04. The van der Waals surface area contributed by atoms with E-state index in [1.54, 1.807) is 49.1 Å². The Labute approximate surface area is 246 Å². The molecule has 0 unspecified atom stereocenters. The van der Waals surface area contributed by atoms with Crippen LogP contribution in [0.1, 0.15) is 11.4 Å². The number of aromatic nitrogens is 6. The highest BCUT2D eigenvalue weighted by atomic mass is 32.1. The average Bonchev–Trinajstić information content (AvgIpc) is 3.72. The molecule has 206 valence electrons. The topological polar surface area (TPSA) is 134 Å². The average molecular weight is 597 g/mol. The zero-order valence-corrected chi connectivity index (χ0v) is 23.3. The molecule has 6 rings (SSSR count). The van der Waals surface area contributed by atoms with Crippen molar-refractivity contribution in [1.29, 1.82) is 10.7 Å². The molecule has 0 saturated heterocycles. The number of nitrogens with zero attached hydrogens (tertiary/aromatic N) is 7. The van der Waals surface area contributed by atoms with Crippen LogP contribution in [0.2, 0.25) is 0 Å². The van der Waals surface area contributed by atoms with Crippen molar-refractivity contribution < 1.29 is 13.5 Å². The number of nitriles is 1. The standard InChI is InChI=1S/C15H11FN4OS.C14H7FN4S/c1-21-14(17)12-4-2-3-11(20-12)13-8-19-15(22-13)9-5-10(16)7-18-6-9;15-10-4-9(6-17-7-10)14-18-8-13(20-14)12-3-1-2-11(5-16)19-12/h2-8,17H,1H3;1-4,6-8H. The Morgan fingerprint density at radius 3 is 1.86 bits per heavy atom. The van der Waals surface area contributed by atoms with E-state index in [2.05, 4.69) is 29.9 Å². The van der Waals surface area contributed by atoms with E-state index in [1.165, 1.54) is 41.9 Å². The highest BCUT2D eigenvalue weighted by molar-refractivity contribution is 7.18. The van der Waals surface area contributed by atoms with E-state index in [-0.39, 0.29) is 5.90 Å². The maximum absolute atomic E-state index is 13.2. The summed E-state index contributed by atoms with van der Waals surface area (Å²) >= 11 is 2.76. The van der Waals surface area contributed by atoms with Gasteiger partial charge in [0.05, 0.1) is 40.6 Å². The molecule has 0 bridgehead atoms. The first-order chi connectivity index (χ1) is 20.4. The fourth-order valence-corrected chi connectivity index (χ4v) is 5.28. The number of hydrogen-bond donors (Lipinski definition) is 1. The second-order valence-electron chi connectivity index (χ2n) is 8.30. The van der Waals surface area contributed by atoms with Crippen LogP contribution < -0.4 is 0 Å². The summed E-state index contributed by atoms with van der Waals surface area (Å²) in [6.45, 7) is 0. The van der Waals surface area contributed by atoms with Crippen LogP contribution in [0.15, 0.2) is 85.7 Å². The summed E-state index contributed by atoms with van der Waals surface area (Å²) in [6.07, 6.45) is 8.76. The van der Waals surface area contributed by atoms with Crippen LogP contribution in [0, 0.1) is 28.4 Å². The van der Waals surface area contributed by atoms with Crippen molar-refractivity contribution in [3.05, 3.63) is 109 Å². The number of hydrogen-bond acceptors (Lipinski definition) is 11. The molecule has 0 aliphatic heterocycles. The fourth-order valence-electron chi connectivity index (χ4n) is 3.55. The molecule has 6 heterocycles. The van der Waals surface area contributed by atoms with E-state index in [1.807, 2.05) is 18.2 Å². The molecule has 0 amide bonds. The van der Waals surface area contributed by atoms with Crippen LogP contribution >= 0.6 is 22.7 Å². The van der Waals surface area contributed by atoms with Crippen molar-refractivity contribution in [2.75, 3.05) is 7.11 Å². The van der Waals surface area contributed by atoms with Gasteiger partial charge in [0.25, 0.3) is 0 Å². The van der Waals surface area contributed by atoms with Gasteiger partial charge in [-0.25, -0.2) is 28.7 Å². The van der Waals surface area contributed by atoms with Crippen LogP contribution in [0.5, 0.6) is 0 Å². The van der Waals surface area contributed by atoms with Gasteiger partial charge in [0.2, 0.25) is 5.90 Å². The lowest BCUT2D eigenvalue weighted by atomic mass is 10.3. The largest absolute Gasteiger partial charge is 0.480 e. The quantitative estimate of drug-likeness (QED) is 0.173. The van der Waals surface area contributed by atoms with Gasteiger partial charge >= 0.3 is 0 Å². The number of thiazole rings is 2. The van der Waals surface area contributed by atoms with Crippen LogP contribution in [-0.4, -0.2) is 42.9 Å². The summed E-state index contributed by atoms with van der Waals surface area (Å²) in [5, 5.41) is 17.8. The molecule has 0 saturated carbocycles. The summed E-state index contributed by atoms with van der Waals surface area (Å²) in [7, 11) is 1.43. The maximum Gasteiger partial charge on any atom is 0.232 e. The Morgan fingerprint density at radius 2 is 1.33 bits per heavy atom. The lowest BCUT2D eigenvalue weighted by molar-refractivity contribution is 0.399. The summed E-state index contributed by atoms with van der Waals surface area (Å²) in [6, 6.07) is 15.3. The van der Waals surface area contributed by atoms with Crippen LogP contribution in [-0.2, 0) is 4.74 Å². The SMILES string of the molecule is COC(=N)c1cccc(-c2cnc(-c3cncc(F)c3)s2)n1.N#Cc1cccc(-c2cnc(-c3cncc(F)c3)s2)n1. The van der Waals surface area contributed by atoms with Gasteiger partial charge in [-0.3, -0.25) is 15.4 Å². The highest BCUT2D eigenvalue weighted by Crippen LogP contribution is 2.32. The zero-order valence-electron chi connectivity index (χ0n) is 21.7. The number of methoxy groups -OCH3 is 1. The molecule has 0 aromatic carbocycles. The van der Waals surface area contributed by atoms with E-state index in [0.717, 1.165) is 22.1 Å². The van der Waals surface area contributed by atoms with Crippen molar-refractivity contribution in [1.82, 2.24) is 29.9 Å². The summed E-state index contributed by atoms with van der Waals surface area (Å²) in [5.41, 5.74) is 3.41. The zero-order chi connectivity index (χ0) is 29.5. The van der Waals surface area contributed by atoms with Crippen molar-refractivity contribution in [2.24, 2.45) is 0 Å². The molecule has 9 nitrogen and oxygen atoms in total. The van der Waals surface area contributed by atoms with E-state index in [4.69, 9.17) is 15.4 Å². The minimum atomic E-state index is -0.400. The van der Waals surface area contributed by atoms with Crippen LogP contribution in [0.3, 0.4) is 0 Å². The molecule has 1 N–H and O–H groups in total. The first-order valence-electron chi connectivity index (χ1n) is 12.0. The summed E-state index contributed by atoms with van der Waals surface area (Å²) in [5.74, 6) is -0.798. The summed E-state index contributed by atoms with van der Waals surface area (Å²) < 4.78 is 31.2. The van der Waals surface area contributed by atoms with Crippen LogP contribution in [0.4, 0.5) is 8.78 Å². The smallest absolute Gasteiger partial charge is 0.232 e. The van der Waals surface area contributed by atoms with Gasteiger partial charge < -0.3 is 4.74 Å². The minimum Gasteiger partial charge on any atom is -0.480 e. The molecule has 13 heteroatoms. The predicted octanol–water partition coefficient (Wildman–Crippen LogP) is 6.66. The second kappa shape index (κ2) is 12.9. The molecule has 0 aliphatic rings. The first kappa shape index (κ1) is 28.2. The third kappa shape index (κ3) is 6.69. The number of ether oxygens (including phenoxy) is 1. The van der Waals surface area contributed by atoms with Gasteiger partial charge in [-0.2, -0.15) is 5.26 Å². The highest BCUT2D eigenvalue weighted by Gasteiger charge is 2.12. The molecule has 0 radical (unpaired) electrons. The van der Waals surface area contributed by atoms with Gasteiger partial charge in [-0.1, -0.05) is 12.1 Å². The van der Waals surface area contributed by atoms with Crippen molar-refractivity contribution in [3.63, 3.8) is 0 Å². The Kier molecular flexibility index (Phi) is 8.67. The number of rotatable bonds is 5. The molecule has 42 heavy (non-hydrogen) atoms. The molecule has 6 aromatic heterocycles. The lowest BCUT2D eigenvalue weighted by Gasteiger charge is -2.02. The predicted molar refractivity (Wildman–Crippen MR) is 156 cm³/mol. The molecule has 6 aromatic rings. The number of halogens is 2. The summed E-state index contributed by atoms with van der Waals surface area (Å²) in [4.78, 5) is 26.4. The monoisotopic (exact) mass is 596 g/mol. The van der Waals surface area contributed by atoms with Crippen molar-refractivity contribution in [2.45, 2.75) is 0 Å². The Balaban J connectivity index is 0.000000169. The van der Waals surface area contributed by atoms with Gasteiger partial charge in [0, 0.05) is 35.9 Å². The first-order valence-corrected chi connectivity index (χ1v) is 13.7. The third-order valence-electron chi connectivity index (χ3n) is 5.47. The molecular formula is C29H18F2N8OS2.